The SMILES string of the molecule is CCOc1ccc(/C=N\NC(=O)CCC(=O)Nc2ccc(C)c(C)c2)cc1. The Kier molecular flexibility index (Phi) is 7.55. The number of ether oxygens (including phenoxy) is 1. The molecule has 0 heterocycles. The predicted molar refractivity (Wildman–Crippen MR) is 107 cm³/mol. The van der Waals surface area contributed by atoms with E-state index in [-0.39, 0.29) is 24.7 Å². The molecule has 27 heavy (non-hydrogen) atoms. The van der Waals surface area contributed by atoms with Gasteiger partial charge in [-0.2, -0.15) is 5.10 Å². The number of anilines is 1. The van der Waals surface area contributed by atoms with Crippen molar-refractivity contribution in [3.05, 3.63) is 59.2 Å². The highest BCUT2D eigenvalue weighted by molar-refractivity contribution is 5.93. The van der Waals surface area contributed by atoms with Crippen LogP contribution in [0.3, 0.4) is 0 Å². The maximum Gasteiger partial charge on any atom is 0.240 e. The van der Waals surface area contributed by atoms with E-state index in [4.69, 9.17) is 4.74 Å². The molecular formula is C21H25N3O3. The smallest absolute Gasteiger partial charge is 0.240 e. The largest absolute Gasteiger partial charge is 0.494 e. The summed E-state index contributed by atoms with van der Waals surface area (Å²) in [6, 6.07) is 13.1. The summed E-state index contributed by atoms with van der Waals surface area (Å²) >= 11 is 0. The van der Waals surface area contributed by atoms with Gasteiger partial charge in [0.2, 0.25) is 11.8 Å². The number of hydrogen-bond acceptors (Lipinski definition) is 4. The summed E-state index contributed by atoms with van der Waals surface area (Å²) in [5.74, 6) is 0.268. The van der Waals surface area contributed by atoms with Crippen LogP contribution in [-0.2, 0) is 9.59 Å². The van der Waals surface area contributed by atoms with Gasteiger partial charge in [0.25, 0.3) is 0 Å². The van der Waals surface area contributed by atoms with Crippen molar-refractivity contribution in [2.24, 2.45) is 5.10 Å². The van der Waals surface area contributed by atoms with Gasteiger partial charge in [-0.1, -0.05) is 6.07 Å². The molecule has 0 saturated heterocycles. The van der Waals surface area contributed by atoms with Crippen LogP contribution in [0, 0.1) is 13.8 Å². The van der Waals surface area contributed by atoms with Crippen LogP contribution in [0.4, 0.5) is 5.69 Å². The van der Waals surface area contributed by atoms with Crippen molar-refractivity contribution in [3.8, 4) is 5.75 Å². The zero-order valence-corrected chi connectivity index (χ0v) is 15.9. The van der Waals surface area contributed by atoms with E-state index in [9.17, 15) is 9.59 Å². The second kappa shape index (κ2) is 10.1. The van der Waals surface area contributed by atoms with E-state index in [1.54, 1.807) is 6.21 Å². The molecule has 2 aromatic carbocycles. The Morgan fingerprint density at radius 2 is 1.70 bits per heavy atom. The Labute approximate surface area is 159 Å². The van der Waals surface area contributed by atoms with E-state index >= 15 is 0 Å². The lowest BCUT2D eigenvalue weighted by molar-refractivity contribution is -0.124. The first-order valence-corrected chi connectivity index (χ1v) is 8.90. The van der Waals surface area contributed by atoms with Gasteiger partial charge in [-0.05, 0) is 73.9 Å². The van der Waals surface area contributed by atoms with Crippen molar-refractivity contribution in [1.82, 2.24) is 5.43 Å². The van der Waals surface area contributed by atoms with Gasteiger partial charge in [-0.15, -0.1) is 0 Å². The van der Waals surface area contributed by atoms with E-state index < -0.39 is 0 Å². The number of benzene rings is 2. The number of carbonyl (C=O) groups is 2. The zero-order chi connectivity index (χ0) is 19.6. The fourth-order valence-electron chi connectivity index (χ4n) is 2.32. The highest BCUT2D eigenvalue weighted by Crippen LogP contribution is 2.14. The summed E-state index contributed by atoms with van der Waals surface area (Å²) in [6.07, 6.45) is 1.71. The maximum absolute atomic E-state index is 12.0. The van der Waals surface area contributed by atoms with Crippen molar-refractivity contribution < 1.29 is 14.3 Å². The van der Waals surface area contributed by atoms with E-state index in [1.165, 1.54) is 0 Å². The van der Waals surface area contributed by atoms with Gasteiger partial charge < -0.3 is 10.1 Å². The molecule has 0 unspecified atom stereocenters. The highest BCUT2D eigenvalue weighted by atomic mass is 16.5. The first-order chi connectivity index (χ1) is 13.0. The van der Waals surface area contributed by atoms with Crippen LogP contribution in [0.5, 0.6) is 5.75 Å². The molecule has 2 amide bonds. The molecule has 6 heteroatoms. The number of hydrogen-bond donors (Lipinski definition) is 2. The normalized spacial score (nSPS) is 10.6. The van der Waals surface area contributed by atoms with Crippen molar-refractivity contribution in [3.63, 3.8) is 0 Å². The number of carbonyl (C=O) groups excluding carboxylic acids is 2. The summed E-state index contributed by atoms with van der Waals surface area (Å²) in [6.45, 7) is 6.54. The van der Waals surface area contributed by atoms with Crippen LogP contribution in [0.15, 0.2) is 47.6 Å². The third kappa shape index (κ3) is 6.93. The Balaban J connectivity index is 1.73. The average Bonchev–Trinajstić information content (AvgIpc) is 2.65. The summed E-state index contributed by atoms with van der Waals surface area (Å²) in [5.41, 5.74) is 6.27. The van der Waals surface area contributed by atoms with Crippen LogP contribution in [0.25, 0.3) is 0 Å². The summed E-state index contributed by atoms with van der Waals surface area (Å²) in [5, 5.41) is 6.70. The molecule has 2 rings (SSSR count). The molecule has 2 N–H and O–H groups in total. The van der Waals surface area contributed by atoms with E-state index in [2.05, 4.69) is 15.8 Å². The third-order valence-electron chi connectivity index (χ3n) is 3.96. The van der Waals surface area contributed by atoms with E-state index in [0.29, 0.717) is 6.61 Å². The van der Waals surface area contributed by atoms with Crippen LogP contribution < -0.4 is 15.5 Å². The number of nitrogens with one attached hydrogen (secondary N) is 2. The van der Waals surface area contributed by atoms with E-state index in [1.807, 2.05) is 63.2 Å². The monoisotopic (exact) mass is 367 g/mol. The molecule has 0 aliphatic heterocycles. The zero-order valence-electron chi connectivity index (χ0n) is 15.9. The molecule has 142 valence electrons. The molecule has 6 nitrogen and oxygen atoms in total. The Bertz CT molecular complexity index is 814. The minimum atomic E-state index is -0.313. The third-order valence-corrected chi connectivity index (χ3v) is 3.96. The van der Waals surface area contributed by atoms with Crippen molar-refractivity contribution in [2.75, 3.05) is 11.9 Å². The summed E-state index contributed by atoms with van der Waals surface area (Å²) < 4.78 is 5.36. The van der Waals surface area contributed by atoms with Crippen LogP contribution >= 0.6 is 0 Å². The number of hydrazone groups is 1. The number of amides is 2. The van der Waals surface area contributed by atoms with Gasteiger partial charge >= 0.3 is 0 Å². The maximum atomic E-state index is 12.0. The molecular weight excluding hydrogens is 342 g/mol. The quantitative estimate of drug-likeness (QED) is 0.553. The Morgan fingerprint density at radius 3 is 2.37 bits per heavy atom. The Hall–Kier alpha value is -3.15. The molecule has 0 aliphatic carbocycles. The predicted octanol–water partition coefficient (Wildman–Crippen LogP) is 3.57. The lowest BCUT2D eigenvalue weighted by atomic mass is 10.1. The number of aryl methyl sites for hydroxylation is 2. The van der Waals surface area contributed by atoms with Crippen LogP contribution in [0.1, 0.15) is 36.5 Å². The number of rotatable bonds is 8. The minimum absolute atomic E-state index is 0.0668. The van der Waals surface area contributed by atoms with Crippen LogP contribution in [0.2, 0.25) is 0 Å². The van der Waals surface area contributed by atoms with Gasteiger partial charge in [0.1, 0.15) is 5.75 Å². The Morgan fingerprint density at radius 1 is 1.00 bits per heavy atom. The van der Waals surface area contributed by atoms with Gasteiger partial charge in [0.05, 0.1) is 12.8 Å². The molecule has 0 aromatic heterocycles. The highest BCUT2D eigenvalue weighted by Gasteiger charge is 2.07. The fraction of sp³-hybridized carbons (Fsp3) is 0.286. The lowest BCUT2D eigenvalue weighted by Crippen LogP contribution is -2.20. The summed E-state index contributed by atoms with van der Waals surface area (Å²) in [4.78, 5) is 23.8. The van der Waals surface area contributed by atoms with Gasteiger partial charge in [0, 0.05) is 18.5 Å². The van der Waals surface area contributed by atoms with E-state index in [0.717, 1.165) is 28.1 Å². The first-order valence-electron chi connectivity index (χ1n) is 8.90. The topological polar surface area (TPSA) is 79.8 Å². The van der Waals surface area contributed by atoms with Crippen molar-refractivity contribution >= 4 is 23.7 Å². The lowest BCUT2D eigenvalue weighted by Gasteiger charge is -2.07. The molecule has 0 spiro atoms. The van der Waals surface area contributed by atoms with Gasteiger partial charge in [-0.3, -0.25) is 9.59 Å². The first kappa shape index (κ1) is 20.2. The molecule has 0 saturated carbocycles. The molecule has 0 bridgehead atoms. The molecule has 0 radical (unpaired) electrons. The number of nitrogens with zero attached hydrogens (tertiary/aromatic N) is 1. The molecule has 2 aromatic rings. The molecule has 0 fully saturated rings. The van der Waals surface area contributed by atoms with Gasteiger partial charge in [0.15, 0.2) is 0 Å². The summed E-state index contributed by atoms with van der Waals surface area (Å²) in [7, 11) is 0. The van der Waals surface area contributed by atoms with Crippen LogP contribution in [-0.4, -0.2) is 24.6 Å². The van der Waals surface area contributed by atoms with Crippen molar-refractivity contribution in [1.29, 1.82) is 0 Å². The van der Waals surface area contributed by atoms with Crippen molar-refractivity contribution in [2.45, 2.75) is 33.6 Å². The average molecular weight is 367 g/mol. The fourth-order valence-corrected chi connectivity index (χ4v) is 2.32. The second-order valence-electron chi connectivity index (χ2n) is 6.14. The second-order valence-corrected chi connectivity index (χ2v) is 6.14. The standard InChI is InChI=1S/C21H25N3O3/c1-4-27-19-9-6-17(7-10-19)14-22-24-21(26)12-11-20(25)23-18-8-5-15(2)16(3)13-18/h5-10,13-14H,4,11-12H2,1-3H3,(H,23,25)(H,24,26)/b22-14-. The molecule has 0 atom stereocenters. The van der Waals surface area contributed by atoms with Gasteiger partial charge in [-0.25, -0.2) is 5.43 Å². The molecule has 0 aliphatic rings. The minimum Gasteiger partial charge on any atom is -0.494 e.